The largest absolute Gasteiger partial charge is 0.451 e. The maximum absolute atomic E-state index is 14.5. The Kier molecular flexibility index (Phi) is 9.62. The molecule has 0 unspecified atom stereocenters. The molecule has 184 valence electrons. The fourth-order valence-corrected chi connectivity index (χ4v) is 3.59. The lowest BCUT2D eigenvalue weighted by Gasteiger charge is -2.11. The molecule has 10 nitrogen and oxygen atoms in total. The standard InChI is InChI=1S/C21H24F2N4O6S/c1-13(20(29)27-21(24)25)10-14-11-17(22)19(18(23)12-14)33-15-2-4-16(5-3-15)34(30,31)26-6-8-32-9-7-28/h2-5,10-12,26,28H,6-9H2,1H3,(H4,24,25,27,29)/b13-10+. The van der Waals surface area contributed by atoms with Crippen LogP contribution in [0.25, 0.3) is 6.08 Å². The Morgan fingerprint density at radius 3 is 2.32 bits per heavy atom. The van der Waals surface area contributed by atoms with Crippen LogP contribution in [0.2, 0.25) is 0 Å². The fourth-order valence-electron chi connectivity index (χ4n) is 2.58. The fraction of sp³-hybridized carbons (Fsp3) is 0.238. The number of carbonyl (C=O) groups is 1. The Morgan fingerprint density at radius 1 is 1.15 bits per heavy atom. The van der Waals surface area contributed by atoms with Crippen molar-refractivity contribution in [1.82, 2.24) is 4.72 Å². The molecule has 0 radical (unpaired) electrons. The molecule has 0 fully saturated rings. The number of amides is 1. The van der Waals surface area contributed by atoms with E-state index in [1.54, 1.807) is 0 Å². The van der Waals surface area contributed by atoms with E-state index in [0.717, 1.165) is 12.1 Å². The van der Waals surface area contributed by atoms with E-state index >= 15 is 0 Å². The number of aliphatic hydroxyl groups excluding tert-OH is 1. The second kappa shape index (κ2) is 12.2. The summed E-state index contributed by atoms with van der Waals surface area (Å²) in [7, 11) is -3.84. The van der Waals surface area contributed by atoms with Gasteiger partial charge in [0.15, 0.2) is 23.3 Å². The molecule has 34 heavy (non-hydrogen) atoms. The van der Waals surface area contributed by atoms with Gasteiger partial charge < -0.3 is 26.0 Å². The Morgan fingerprint density at radius 2 is 1.76 bits per heavy atom. The number of nitrogens with one attached hydrogen (secondary N) is 1. The number of benzene rings is 2. The summed E-state index contributed by atoms with van der Waals surface area (Å²) in [6.45, 7) is 1.37. The first-order valence-corrected chi connectivity index (χ1v) is 11.3. The second-order valence-electron chi connectivity index (χ2n) is 6.79. The highest BCUT2D eigenvalue weighted by atomic mass is 32.2. The Hall–Kier alpha value is -3.39. The average molecular weight is 499 g/mol. The maximum Gasteiger partial charge on any atom is 0.275 e. The number of rotatable bonds is 11. The number of carbonyl (C=O) groups excluding carboxylic acids is 1. The third-order valence-corrected chi connectivity index (χ3v) is 5.58. The van der Waals surface area contributed by atoms with Crippen LogP contribution in [0.15, 0.2) is 51.9 Å². The Labute approximate surface area is 194 Å². The highest BCUT2D eigenvalue weighted by Crippen LogP contribution is 2.30. The van der Waals surface area contributed by atoms with Gasteiger partial charge >= 0.3 is 0 Å². The summed E-state index contributed by atoms with van der Waals surface area (Å²) in [5, 5.41) is 8.61. The number of hydrogen-bond acceptors (Lipinski definition) is 6. The summed E-state index contributed by atoms with van der Waals surface area (Å²) in [6, 6.07) is 6.79. The van der Waals surface area contributed by atoms with Crippen LogP contribution in [0.3, 0.4) is 0 Å². The van der Waals surface area contributed by atoms with Gasteiger partial charge in [0, 0.05) is 12.1 Å². The van der Waals surface area contributed by atoms with E-state index in [1.165, 1.54) is 37.3 Å². The molecule has 0 aliphatic heterocycles. The number of halogens is 2. The third kappa shape index (κ3) is 7.88. The van der Waals surface area contributed by atoms with Crippen molar-refractivity contribution in [3.8, 4) is 11.5 Å². The molecule has 2 rings (SSSR count). The van der Waals surface area contributed by atoms with Crippen molar-refractivity contribution in [2.45, 2.75) is 11.8 Å². The predicted molar refractivity (Wildman–Crippen MR) is 120 cm³/mol. The topological polar surface area (TPSA) is 166 Å². The zero-order valence-electron chi connectivity index (χ0n) is 18.1. The van der Waals surface area contributed by atoms with Gasteiger partial charge in [0.1, 0.15) is 5.75 Å². The highest BCUT2D eigenvalue weighted by Gasteiger charge is 2.16. The molecule has 0 heterocycles. The monoisotopic (exact) mass is 498 g/mol. The molecule has 6 N–H and O–H groups in total. The van der Waals surface area contributed by atoms with Crippen LogP contribution in [-0.2, 0) is 19.6 Å². The van der Waals surface area contributed by atoms with Crippen LogP contribution in [-0.4, -0.2) is 51.8 Å². The van der Waals surface area contributed by atoms with Crippen LogP contribution in [0.1, 0.15) is 12.5 Å². The van der Waals surface area contributed by atoms with Gasteiger partial charge in [-0.05, 0) is 55.0 Å². The second-order valence-corrected chi connectivity index (χ2v) is 8.56. The van der Waals surface area contributed by atoms with E-state index in [0.29, 0.717) is 0 Å². The lowest BCUT2D eigenvalue weighted by atomic mass is 10.1. The van der Waals surface area contributed by atoms with E-state index in [9.17, 15) is 22.0 Å². The van der Waals surface area contributed by atoms with Crippen LogP contribution in [0, 0.1) is 11.6 Å². The number of sulfonamides is 1. The van der Waals surface area contributed by atoms with Gasteiger partial charge in [0.25, 0.3) is 5.91 Å². The molecular weight excluding hydrogens is 474 g/mol. The number of hydrogen-bond donors (Lipinski definition) is 4. The van der Waals surface area contributed by atoms with Crippen molar-refractivity contribution in [3.05, 3.63) is 59.2 Å². The summed E-state index contributed by atoms with van der Waals surface area (Å²) < 4.78 is 66.0. The molecule has 0 aromatic heterocycles. The minimum atomic E-state index is -3.84. The van der Waals surface area contributed by atoms with Gasteiger partial charge in [0.2, 0.25) is 10.0 Å². The normalized spacial score (nSPS) is 11.8. The number of nitrogens with zero attached hydrogens (tertiary/aromatic N) is 1. The molecule has 0 bridgehead atoms. The quantitative estimate of drug-likeness (QED) is 0.155. The molecular formula is C21H24F2N4O6S. The molecule has 2 aromatic carbocycles. The van der Waals surface area contributed by atoms with E-state index in [4.69, 9.17) is 26.0 Å². The van der Waals surface area contributed by atoms with Crippen LogP contribution in [0.5, 0.6) is 11.5 Å². The lowest BCUT2D eigenvalue weighted by molar-refractivity contribution is -0.114. The summed E-state index contributed by atoms with van der Waals surface area (Å²) in [4.78, 5) is 15.0. The number of nitrogens with two attached hydrogens (primary N) is 2. The molecule has 13 heteroatoms. The van der Waals surface area contributed by atoms with E-state index < -0.39 is 39.3 Å². The first kappa shape index (κ1) is 26.9. The summed E-state index contributed by atoms with van der Waals surface area (Å²) in [6.07, 6.45) is 1.20. The van der Waals surface area contributed by atoms with Crippen molar-refractivity contribution in [1.29, 1.82) is 0 Å². The summed E-state index contributed by atoms with van der Waals surface area (Å²) in [5.74, 6) is -4.02. The Balaban J connectivity index is 2.12. The molecule has 0 atom stereocenters. The number of ether oxygens (including phenoxy) is 2. The van der Waals surface area contributed by atoms with Crippen molar-refractivity contribution in [2.24, 2.45) is 16.5 Å². The van der Waals surface area contributed by atoms with Crippen LogP contribution < -0.4 is 20.9 Å². The van der Waals surface area contributed by atoms with E-state index in [2.05, 4.69) is 9.71 Å². The zero-order valence-corrected chi connectivity index (χ0v) is 18.9. The molecule has 0 aliphatic carbocycles. The van der Waals surface area contributed by atoms with Gasteiger partial charge in [-0.3, -0.25) is 4.79 Å². The van der Waals surface area contributed by atoms with Crippen LogP contribution in [0.4, 0.5) is 8.78 Å². The molecule has 2 aromatic rings. The lowest BCUT2D eigenvalue weighted by Crippen LogP contribution is -2.27. The third-order valence-electron chi connectivity index (χ3n) is 4.10. The first-order valence-electron chi connectivity index (χ1n) is 9.81. The Bertz CT molecular complexity index is 1160. The number of aliphatic imine (C=N–C) groups is 1. The summed E-state index contributed by atoms with van der Waals surface area (Å²) >= 11 is 0. The van der Waals surface area contributed by atoms with E-state index in [-0.39, 0.29) is 48.1 Å². The van der Waals surface area contributed by atoms with Crippen LogP contribution >= 0.6 is 0 Å². The minimum Gasteiger partial charge on any atom is -0.451 e. The van der Waals surface area contributed by atoms with E-state index in [1.807, 2.05) is 0 Å². The number of aliphatic hydroxyl groups is 1. The maximum atomic E-state index is 14.5. The highest BCUT2D eigenvalue weighted by molar-refractivity contribution is 7.89. The minimum absolute atomic E-state index is 0.00513. The molecule has 1 amide bonds. The van der Waals surface area contributed by atoms with Gasteiger partial charge in [-0.1, -0.05) is 0 Å². The molecule has 0 saturated carbocycles. The van der Waals surface area contributed by atoms with Crippen molar-refractivity contribution in [2.75, 3.05) is 26.4 Å². The predicted octanol–water partition coefficient (Wildman–Crippen LogP) is 1.25. The zero-order chi connectivity index (χ0) is 25.3. The van der Waals surface area contributed by atoms with Gasteiger partial charge in [-0.25, -0.2) is 21.9 Å². The van der Waals surface area contributed by atoms with Gasteiger partial charge in [0.05, 0.1) is 24.7 Å². The average Bonchev–Trinajstić information content (AvgIpc) is 2.76. The smallest absolute Gasteiger partial charge is 0.275 e. The summed E-state index contributed by atoms with van der Waals surface area (Å²) in [5.41, 5.74) is 10.3. The molecule has 0 spiro atoms. The van der Waals surface area contributed by atoms with Gasteiger partial charge in [-0.15, -0.1) is 0 Å². The van der Waals surface area contributed by atoms with Crippen molar-refractivity contribution in [3.63, 3.8) is 0 Å². The van der Waals surface area contributed by atoms with Crippen molar-refractivity contribution < 1.29 is 36.6 Å². The molecule has 0 aliphatic rings. The van der Waals surface area contributed by atoms with Gasteiger partial charge in [-0.2, -0.15) is 4.99 Å². The molecule has 0 saturated heterocycles. The number of guanidine groups is 1. The van der Waals surface area contributed by atoms with Crippen molar-refractivity contribution >= 4 is 28.0 Å². The SMILES string of the molecule is C/C(=C\c1cc(F)c(Oc2ccc(S(=O)(=O)NCCOCCO)cc2)c(F)c1)C(=O)N=C(N)N. The first-order chi connectivity index (χ1) is 16.0.